The van der Waals surface area contributed by atoms with Crippen molar-refractivity contribution in [2.45, 2.75) is 6.42 Å². The van der Waals surface area contributed by atoms with Crippen molar-refractivity contribution >= 4 is 17.9 Å². The topological polar surface area (TPSA) is 113 Å². The Morgan fingerprint density at radius 2 is 2.24 bits per heavy atom. The monoisotopic (exact) mass is 238 g/mol. The molecular weight excluding hydrogens is 228 g/mol. The third kappa shape index (κ3) is 3.26. The molecule has 0 aliphatic rings. The standard InChI is InChI=1S/C10H10N2O5/c11-10(14)7-2-3-9(17-5-1-4-13)8(6-7)12(15)16/h2-4,6H,1,5H2,(H2,11,14). The molecule has 0 atom stereocenters. The van der Waals surface area contributed by atoms with Crippen molar-refractivity contribution in [1.82, 2.24) is 0 Å². The Morgan fingerprint density at radius 3 is 2.76 bits per heavy atom. The number of rotatable bonds is 6. The van der Waals surface area contributed by atoms with Crippen LogP contribution >= 0.6 is 0 Å². The minimum Gasteiger partial charge on any atom is -0.486 e. The number of hydrogen-bond donors (Lipinski definition) is 1. The average molecular weight is 238 g/mol. The van der Waals surface area contributed by atoms with E-state index in [0.717, 1.165) is 6.07 Å². The number of carbonyl (C=O) groups excluding carboxylic acids is 2. The van der Waals surface area contributed by atoms with E-state index in [2.05, 4.69) is 0 Å². The van der Waals surface area contributed by atoms with Crippen molar-refractivity contribution in [3.8, 4) is 5.75 Å². The lowest BCUT2D eigenvalue weighted by molar-refractivity contribution is -0.385. The molecule has 0 spiro atoms. The fourth-order valence-corrected chi connectivity index (χ4v) is 1.15. The predicted molar refractivity (Wildman–Crippen MR) is 57.8 cm³/mol. The van der Waals surface area contributed by atoms with E-state index < -0.39 is 10.8 Å². The normalized spacial score (nSPS) is 9.65. The van der Waals surface area contributed by atoms with Crippen LogP contribution in [0.15, 0.2) is 18.2 Å². The molecule has 2 N–H and O–H groups in total. The van der Waals surface area contributed by atoms with Crippen LogP contribution in [-0.4, -0.2) is 23.7 Å². The van der Waals surface area contributed by atoms with E-state index in [4.69, 9.17) is 10.5 Å². The molecule has 0 saturated heterocycles. The van der Waals surface area contributed by atoms with Crippen LogP contribution in [0.5, 0.6) is 5.75 Å². The van der Waals surface area contributed by atoms with Crippen LogP contribution in [0.1, 0.15) is 16.8 Å². The molecule has 0 bridgehead atoms. The molecule has 7 heteroatoms. The molecule has 90 valence electrons. The number of amides is 1. The number of nitrogens with zero attached hydrogens (tertiary/aromatic N) is 1. The second kappa shape index (κ2) is 5.59. The van der Waals surface area contributed by atoms with Crippen molar-refractivity contribution in [2.75, 3.05) is 6.61 Å². The molecule has 1 amide bonds. The number of nitro groups is 1. The summed E-state index contributed by atoms with van der Waals surface area (Å²) in [5.74, 6) is -0.755. The molecule has 7 nitrogen and oxygen atoms in total. The second-order valence-corrected chi connectivity index (χ2v) is 3.11. The van der Waals surface area contributed by atoms with Crippen molar-refractivity contribution in [2.24, 2.45) is 5.73 Å². The minimum atomic E-state index is -0.757. The average Bonchev–Trinajstić information content (AvgIpc) is 2.29. The lowest BCUT2D eigenvalue weighted by Gasteiger charge is -2.05. The van der Waals surface area contributed by atoms with Gasteiger partial charge < -0.3 is 15.3 Å². The Morgan fingerprint density at radius 1 is 1.53 bits per heavy atom. The van der Waals surface area contributed by atoms with Gasteiger partial charge in [-0.05, 0) is 12.1 Å². The minimum absolute atomic E-state index is 0.00171. The summed E-state index contributed by atoms with van der Waals surface area (Å²) in [5.41, 5.74) is 4.68. The van der Waals surface area contributed by atoms with E-state index in [1.54, 1.807) is 0 Å². The van der Waals surface area contributed by atoms with Crippen LogP contribution in [0, 0.1) is 10.1 Å². The Kier molecular flexibility index (Phi) is 4.15. The van der Waals surface area contributed by atoms with Crippen LogP contribution in [0.4, 0.5) is 5.69 Å². The smallest absolute Gasteiger partial charge is 0.311 e. The quantitative estimate of drug-likeness (QED) is 0.338. The van der Waals surface area contributed by atoms with Crippen LogP contribution < -0.4 is 10.5 Å². The maximum atomic E-state index is 10.9. The number of carbonyl (C=O) groups is 2. The Labute approximate surface area is 96.3 Å². The summed E-state index contributed by atoms with van der Waals surface area (Å²) in [6.07, 6.45) is 0.776. The van der Waals surface area contributed by atoms with Gasteiger partial charge in [-0.3, -0.25) is 14.9 Å². The van der Waals surface area contributed by atoms with Crippen molar-refractivity contribution in [3.05, 3.63) is 33.9 Å². The van der Waals surface area contributed by atoms with E-state index >= 15 is 0 Å². The van der Waals surface area contributed by atoms with E-state index in [9.17, 15) is 19.7 Å². The molecule has 17 heavy (non-hydrogen) atoms. The zero-order chi connectivity index (χ0) is 12.8. The second-order valence-electron chi connectivity index (χ2n) is 3.11. The first-order chi connectivity index (χ1) is 8.06. The van der Waals surface area contributed by atoms with E-state index in [1.165, 1.54) is 12.1 Å². The summed E-state index contributed by atoms with van der Waals surface area (Å²) in [7, 11) is 0. The fraction of sp³-hybridized carbons (Fsp3) is 0.200. The van der Waals surface area contributed by atoms with Gasteiger partial charge in [-0.15, -0.1) is 0 Å². The number of aldehydes is 1. The number of ether oxygens (including phenoxy) is 1. The van der Waals surface area contributed by atoms with Gasteiger partial charge in [-0.1, -0.05) is 0 Å². The Bertz CT molecular complexity index is 458. The predicted octanol–water partition coefficient (Wildman–Crippen LogP) is 0.661. The highest BCUT2D eigenvalue weighted by atomic mass is 16.6. The summed E-state index contributed by atoms with van der Waals surface area (Å²) >= 11 is 0. The van der Waals surface area contributed by atoms with Crippen molar-refractivity contribution < 1.29 is 19.2 Å². The molecule has 0 radical (unpaired) electrons. The zero-order valence-electron chi connectivity index (χ0n) is 8.79. The Hall–Kier alpha value is -2.44. The maximum absolute atomic E-state index is 10.9. The van der Waals surface area contributed by atoms with Gasteiger partial charge in [-0.25, -0.2) is 0 Å². The van der Waals surface area contributed by atoms with Gasteiger partial charge in [0.15, 0.2) is 5.75 Å². The number of hydrogen-bond acceptors (Lipinski definition) is 5. The Balaban J connectivity index is 3.00. The summed E-state index contributed by atoms with van der Waals surface area (Å²) in [6, 6.07) is 3.65. The molecular formula is C10H10N2O5. The lowest BCUT2D eigenvalue weighted by Crippen LogP contribution is -2.11. The number of primary amides is 1. The van der Waals surface area contributed by atoms with Gasteiger partial charge >= 0.3 is 5.69 Å². The number of benzene rings is 1. The highest BCUT2D eigenvalue weighted by Crippen LogP contribution is 2.27. The van der Waals surface area contributed by atoms with Gasteiger partial charge in [0.05, 0.1) is 11.5 Å². The summed E-state index contributed by atoms with van der Waals surface area (Å²) in [6.45, 7) is 0.0419. The van der Waals surface area contributed by atoms with Gasteiger partial charge in [0.2, 0.25) is 5.91 Å². The van der Waals surface area contributed by atoms with Crippen LogP contribution in [-0.2, 0) is 4.79 Å². The van der Waals surface area contributed by atoms with Crippen LogP contribution in [0.3, 0.4) is 0 Å². The molecule has 0 aliphatic carbocycles. The lowest BCUT2D eigenvalue weighted by atomic mass is 10.2. The summed E-state index contributed by atoms with van der Waals surface area (Å²) < 4.78 is 5.05. The molecule has 1 aromatic carbocycles. The molecule has 0 aromatic heterocycles. The first-order valence-corrected chi connectivity index (χ1v) is 4.71. The molecule has 1 rings (SSSR count). The first-order valence-electron chi connectivity index (χ1n) is 4.71. The van der Waals surface area contributed by atoms with Gasteiger partial charge in [0.25, 0.3) is 0 Å². The van der Waals surface area contributed by atoms with Gasteiger partial charge in [0.1, 0.15) is 6.29 Å². The SMILES string of the molecule is NC(=O)c1ccc(OCCC=O)c([N+](=O)[O-])c1. The molecule has 1 aromatic rings. The summed E-state index contributed by atoms with van der Waals surface area (Å²) in [4.78, 5) is 31.0. The van der Waals surface area contributed by atoms with Crippen molar-refractivity contribution in [3.63, 3.8) is 0 Å². The third-order valence-corrected chi connectivity index (χ3v) is 1.93. The van der Waals surface area contributed by atoms with Crippen molar-refractivity contribution in [1.29, 1.82) is 0 Å². The van der Waals surface area contributed by atoms with E-state index in [0.29, 0.717) is 6.29 Å². The largest absolute Gasteiger partial charge is 0.486 e. The van der Waals surface area contributed by atoms with Gasteiger partial charge in [-0.2, -0.15) is 0 Å². The zero-order valence-corrected chi connectivity index (χ0v) is 8.79. The van der Waals surface area contributed by atoms with Crippen LogP contribution in [0.25, 0.3) is 0 Å². The molecule has 0 unspecified atom stereocenters. The highest BCUT2D eigenvalue weighted by Gasteiger charge is 2.17. The highest BCUT2D eigenvalue weighted by molar-refractivity contribution is 5.93. The number of nitrogens with two attached hydrogens (primary N) is 1. The van der Waals surface area contributed by atoms with Gasteiger partial charge in [0, 0.05) is 18.1 Å². The maximum Gasteiger partial charge on any atom is 0.311 e. The fourth-order valence-electron chi connectivity index (χ4n) is 1.15. The first kappa shape index (κ1) is 12.6. The molecule has 0 heterocycles. The molecule has 0 aliphatic heterocycles. The van der Waals surface area contributed by atoms with Crippen LogP contribution in [0.2, 0.25) is 0 Å². The summed E-state index contributed by atoms with van der Waals surface area (Å²) in [5, 5.41) is 10.7. The van der Waals surface area contributed by atoms with E-state index in [1.807, 2.05) is 0 Å². The molecule has 0 saturated carbocycles. The third-order valence-electron chi connectivity index (χ3n) is 1.93. The molecule has 0 fully saturated rings. The van der Waals surface area contributed by atoms with E-state index in [-0.39, 0.29) is 30.0 Å². The number of nitro benzene ring substituents is 1.